The molecule has 3 aromatic rings. The van der Waals surface area contributed by atoms with Gasteiger partial charge in [0, 0.05) is 0 Å². The van der Waals surface area contributed by atoms with Crippen molar-refractivity contribution >= 4 is 11.9 Å². The zero-order valence-corrected chi connectivity index (χ0v) is 17.2. The summed E-state index contributed by atoms with van der Waals surface area (Å²) >= 11 is 0. The molecule has 3 aromatic carbocycles. The van der Waals surface area contributed by atoms with Crippen molar-refractivity contribution in [3.8, 4) is 0 Å². The summed E-state index contributed by atoms with van der Waals surface area (Å²) in [4.78, 5) is 25.8. The van der Waals surface area contributed by atoms with E-state index in [9.17, 15) is 9.59 Å². The topological polar surface area (TPSA) is 52.6 Å². The molecule has 0 heterocycles. The van der Waals surface area contributed by atoms with E-state index in [0.29, 0.717) is 12.0 Å². The minimum absolute atomic E-state index is 0.150. The van der Waals surface area contributed by atoms with Crippen LogP contribution in [0.15, 0.2) is 78.9 Å². The maximum atomic E-state index is 13.0. The highest BCUT2D eigenvalue weighted by Gasteiger charge is 2.23. The number of carbonyl (C=O) groups is 2. The van der Waals surface area contributed by atoms with Gasteiger partial charge < -0.3 is 9.47 Å². The highest BCUT2D eigenvalue weighted by Crippen LogP contribution is 2.21. The summed E-state index contributed by atoms with van der Waals surface area (Å²) in [6.45, 7) is 2.39. The third kappa shape index (κ3) is 5.80. The van der Waals surface area contributed by atoms with E-state index in [1.807, 2.05) is 66.7 Å². The third-order valence-electron chi connectivity index (χ3n) is 4.80. The van der Waals surface area contributed by atoms with Crippen LogP contribution in [-0.4, -0.2) is 11.9 Å². The number of carbonyl (C=O) groups excluding carboxylic acids is 2. The summed E-state index contributed by atoms with van der Waals surface area (Å²) in [7, 11) is 0. The largest absolute Gasteiger partial charge is 0.457 e. The van der Waals surface area contributed by atoms with E-state index in [0.717, 1.165) is 29.5 Å². The molecule has 0 spiro atoms. The van der Waals surface area contributed by atoms with Crippen molar-refractivity contribution in [1.29, 1.82) is 0 Å². The first-order valence-corrected chi connectivity index (χ1v) is 10.2. The lowest BCUT2D eigenvalue weighted by molar-refractivity contribution is 0.0424. The molecule has 0 radical (unpaired) electrons. The van der Waals surface area contributed by atoms with Crippen LogP contribution in [-0.2, 0) is 29.1 Å². The predicted molar refractivity (Wildman–Crippen MR) is 116 cm³/mol. The van der Waals surface area contributed by atoms with Gasteiger partial charge in [0.15, 0.2) is 0 Å². The number of benzene rings is 3. The molecule has 0 saturated carbocycles. The fraction of sp³-hybridized carbons (Fsp3) is 0.231. The molecule has 0 saturated heterocycles. The molecule has 0 atom stereocenters. The average Bonchev–Trinajstić information content (AvgIpc) is 2.80. The molecule has 0 bridgehead atoms. The Labute approximate surface area is 177 Å². The van der Waals surface area contributed by atoms with Gasteiger partial charge in [-0.2, -0.15) is 0 Å². The van der Waals surface area contributed by atoms with E-state index in [2.05, 4.69) is 6.92 Å². The van der Waals surface area contributed by atoms with E-state index in [1.165, 1.54) is 0 Å². The first-order chi connectivity index (χ1) is 14.7. The maximum absolute atomic E-state index is 13.0. The molecule has 0 aliphatic rings. The smallest absolute Gasteiger partial charge is 0.339 e. The molecule has 154 valence electrons. The Morgan fingerprint density at radius 1 is 0.700 bits per heavy atom. The fourth-order valence-corrected chi connectivity index (χ4v) is 3.18. The molecule has 4 nitrogen and oxygen atoms in total. The zero-order valence-electron chi connectivity index (χ0n) is 17.2. The van der Waals surface area contributed by atoms with Gasteiger partial charge in [-0.15, -0.1) is 0 Å². The summed E-state index contributed by atoms with van der Waals surface area (Å²) < 4.78 is 11.0. The predicted octanol–water partition coefficient (Wildman–Crippen LogP) is 5.74. The first-order valence-electron chi connectivity index (χ1n) is 10.2. The molecule has 0 fully saturated rings. The molecule has 30 heavy (non-hydrogen) atoms. The summed E-state index contributed by atoms with van der Waals surface area (Å²) in [5.74, 6) is -1.03. The second-order valence-corrected chi connectivity index (χ2v) is 7.07. The summed E-state index contributed by atoms with van der Waals surface area (Å²) in [5, 5.41) is 0. The lowest BCUT2D eigenvalue weighted by atomic mass is 9.97. The van der Waals surface area contributed by atoms with Crippen molar-refractivity contribution in [1.82, 2.24) is 0 Å². The van der Waals surface area contributed by atoms with E-state index in [4.69, 9.17) is 9.47 Å². The minimum Gasteiger partial charge on any atom is -0.457 e. The Bertz CT molecular complexity index is 965. The Morgan fingerprint density at radius 2 is 1.27 bits per heavy atom. The van der Waals surface area contributed by atoms with E-state index < -0.39 is 11.9 Å². The van der Waals surface area contributed by atoms with Crippen LogP contribution >= 0.6 is 0 Å². The van der Waals surface area contributed by atoms with Crippen LogP contribution in [0.4, 0.5) is 0 Å². The van der Waals surface area contributed by atoms with Gasteiger partial charge >= 0.3 is 11.9 Å². The normalized spacial score (nSPS) is 10.4. The van der Waals surface area contributed by atoms with Crippen LogP contribution in [0.2, 0.25) is 0 Å². The van der Waals surface area contributed by atoms with E-state index in [1.54, 1.807) is 12.1 Å². The number of aryl methyl sites for hydroxylation is 1. The third-order valence-corrected chi connectivity index (χ3v) is 4.80. The number of rotatable bonds is 9. The Balaban J connectivity index is 1.80. The van der Waals surface area contributed by atoms with Gasteiger partial charge in [0.25, 0.3) is 0 Å². The molecular formula is C26H26O4. The van der Waals surface area contributed by atoms with Crippen molar-refractivity contribution in [2.75, 3.05) is 0 Å². The number of ether oxygens (including phenoxy) is 2. The molecule has 0 N–H and O–H groups in total. The number of unbranched alkanes of at least 4 members (excludes halogenated alkanes) is 1. The monoisotopic (exact) mass is 402 g/mol. The maximum Gasteiger partial charge on any atom is 0.339 e. The van der Waals surface area contributed by atoms with Crippen molar-refractivity contribution in [3.63, 3.8) is 0 Å². The summed E-state index contributed by atoms with van der Waals surface area (Å²) in [6, 6.07) is 24.2. The molecule has 0 aromatic heterocycles. The van der Waals surface area contributed by atoms with Crippen LogP contribution in [0.5, 0.6) is 0 Å². The Morgan fingerprint density at radius 3 is 1.83 bits per heavy atom. The van der Waals surface area contributed by atoms with Crippen molar-refractivity contribution < 1.29 is 19.1 Å². The number of esters is 2. The molecule has 0 amide bonds. The van der Waals surface area contributed by atoms with Crippen molar-refractivity contribution in [2.45, 2.75) is 39.4 Å². The SMILES string of the molecule is CCCCc1cccc(C(=O)OCc2ccccc2)c1C(=O)OCc1ccccc1. The molecular weight excluding hydrogens is 376 g/mol. The second-order valence-electron chi connectivity index (χ2n) is 7.07. The molecule has 0 aliphatic heterocycles. The molecule has 3 rings (SSSR count). The van der Waals surface area contributed by atoms with Gasteiger partial charge in [-0.05, 0) is 35.6 Å². The van der Waals surface area contributed by atoms with Gasteiger partial charge in [0.1, 0.15) is 13.2 Å². The molecule has 0 unspecified atom stereocenters. The van der Waals surface area contributed by atoms with Gasteiger partial charge in [-0.3, -0.25) is 0 Å². The lowest BCUT2D eigenvalue weighted by Crippen LogP contribution is -2.16. The lowest BCUT2D eigenvalue weighted by Gasteiger charge is -2.14. The number of hydrogen-bond donors (Lipinski definition) is 0. The van der Waals surface area contributed by atoms with Gasteiger partial charge in [0.2, 0.25) is 0 Å². The highest BCUT2D eigenvalue weighted by molar-refractivity contribution is 6.04. The number of hydrogen-bond acceptors (Lipinski definition) is 4. The van der Waals surface area contributed by atoms with Crippen LogP contribution in [0, 0.1) is 0 Å². The molecule has 4 heteroatoms. The van der Waals surface area contributed by atoms with Crippen molar-refractivity contribution in [2.24, 2.45) is 0 Å². The highest BCUT2D eigenvalue weighted by atomic mass is 16.5. The zero-order chi connectivity index (χ0) is 21.2. The van der Waals surface area contributed by atoms with Crippen LogP contribution < -0.4 is 0 Å². The van der Waals surface area contributed by atoms with Crippen LogP contribution in [0.3, 0.4) is 0 Å². The minimum atomic E-state index is -0.524. The Hall–Kier alpha value is -3.40. The fourth-order valence-electron chi connectivity index (χ4n) is 3.18. The summed E-state index contributed by atoms with van der Waals surface area (Å²) in [6.07, 6.45) is 2.61. The standard InChI is InChI=1S/C26H26O4/c1-2-3-15-22-16-10-17-23(25(27)29-18-20-11-6-4-7-12-20)24(22)26(28)30-19-21-13-8-5-9-14-21/h4-14,16-17H,2-3,15,18-19H2,1H3. The van der Waals surface area contributed by atoms with Gasteiger partial charge in [-0.1, -0.05) is 86.1 Å². The second kappa shape index (κ2) is 11.0. The first kappa shape index (κ1) is 21.3. The van der Waals surface area contributed by atoms with Crippen LogP contribution in [0.1, 0.15) is 57.2 Å². The molecule has 0 aliphatic carbocycles. The van der Waals surface area contributed by atoms with Crippen molar-refractivity contribution in [3.05, 3.63) is 107 Å². The average molecular weight is 402 g/mol. The van der Waals surface area contributed by atoms with E-state index >= 15 is 0 Å². The quantitative estimate of drug-likeness (QED) is 0.428. The summed E-state index contributed by atoms with van der Waals surface area (Å²) in [5.41, 5.74) is 3.15. The van der Waals surface area contributed by atoms with Crippen LogP contribution in [0.25, 0.3) is 0 Å². The van der Waals surface area contributed by atoms with Gasteiger partial charge in [-0.25, -0.2) is 9.59 Å². The Kier molecular flexibility index (Phi) is 7.78. The van der Waals surface area contributed by atoms with Gasteiger partial charge in [0.05, 0.1) is 11.1 Å². The van der Waals surface area contributed by atoms with E-state index in [-0.39, 0.29) is 18.8 Å².